The predicted octanol–water partition coefficient (Wildman–Crippen LogP) is 4.37. The third-order valence-corrected chi connectivity index (χ3v) is 4.03. The molecule has 1 amide bonds. The quantitative estimate of drug-likeness (QED) is 0.814. The van der Waals surface area contributed by atoms with E-state index in [9.17, 15) is 4.79 Å². The molecule has 0 bridgehead atoms. The van der Waals surface area contributed by atoms with E-state index in [4.69, 9.17) is 34.8 Å². The van der Waals surface area contributed by atoms with Gasteiger partial charge in [-0.25, -0.2) is 0 Å². The zero-order valence-electron chi connectivity index (χ0n) is 11.2. The molecule has 1 fully saturated rings. The van der Waals surface area contributed by atoms with Gasteiger partial charge in [-0.05, 0) is 50.5 Å². The van der Waals surface area contributed by atoms with Crippen LogP contribution in [-0.2, 0) is 4.79 Å². The lowest BCUT2D eigenvalue weighted by molar-refractivity contribution is -0.115. The van der Waals surface area contributed by atoms with Crippen molar-refractivity contribution in [1.29, 1.82) is 0 Å². The van der Waals surface area contributed by atoms with Crippen LogP contribution in [0.3, 0.4) is 0 Å². The lowest BCUT2D eigenvalue weighted by Gasteiger charge is -2.35. The molecule has 1 aromatic carbocycles. The van der Waals surface area contributed by atoms with Crippen LogP contribution in [0.2, 0.25) is 0 Å². The van der Waals surface area contributed by atoms with Crippen molar-refractivity contribution < 1.29 is 4.79 Å². The Bertz CT molecular complexity index is 470. The number of nitrogens with zero attached hydrogens (tertiary/aromatic N) is 1. The molecular weight excluding hydrogens is 319 g/mol. The van der Waals surface area contributed by atoms with Crippen LogP contribution in [-0.4, -0.2) is 22.3 Å². The summed E-state index contributed by atoms with van der Waals surface area (Å²) >= 11 is 16.5. The first-order chi connectivity index (χ1) is 9.38. The van der Waals surface area contributed by atoms with Gasteiger partial charge in [-0.1, -0.05) is 34.8 Å². The molecule has 3 nitrogen and oxygen atoms in total. The van der Waals surface area contributed by atoms with Crippen LogP contribution in [0.1, 0.15) is 26.2 Å². The molecule has 0 spiro atoms. The number of benzene rings is 1. The Balaban J connectivity index is 2.04. The summed E-state index contributed by atoms with van der Waals surface area (Å²) in [6.07, 6.45) is 3.72. The molecule has 1 aromatic rings. The highest BCUT2D eigenvalue weighted by molar-refractivity contribution is 6.76. The fraction of sp³-hybridized carbons (Fsp3) is 0.500. The van der Waals surface area contributed by atoms with E-state index >= 15 is 0 Å². The molecular formula is C14H17Cl3N2O. The van der Waals surface area contributed by atoms with Gasteiger partial charge in [0.25, 0.3) is 9.70 Å². The Morgan fingerprint density at radius 1 is 1.25 bits per heavy atom. The topological polar surface area (TPSA) is 32.3 Å². The maximum Gasteiger partial charge on any atom is 0.276 e. The average Bonchev–Trinajstić information content (AvgIpc) is 2.39. The van der Waals surface area contributed by atoms with E-state index in [1.165, 1.54) is 19.3 Å². The number of alkyl halides is 3. The standard InChI is InChI=1S/C14H17Cl3N2O/c1-10-4-2-3-9-19(10)12-7-5-11(6-8-12)18-13(20)14(15,16)17/h5-8,10H,2-4,9H2,1H3,(H,18,20)/t10-/m0/s1. The smallest absolute Gasteiger partial charge is 0.276 e. The Morgan fingerprint density at radius 2 is 1.90 bits per heavy atom. The van der Waals surface area contributed by atoms with Crippen molar-refractivity contribution in [3.8, 4) is 0 Å². The predicted molar refractivity (Wildman–Crippen MR) is 86.0 cm³/mol. The first-order valence-corrected chi connectivity index (χ1v) is 7.76. The molecule has 20 heavy (non-hydrogen) atoms. The number of halogens is 3. The maximum atomic E-state index is 11.6. The maximum absolute atomic E-state index is 11.6. The fourth-order valence-corrected chi connectivity index (χ4v) is 2.56. The minimum absolute atomic E-state index is 0.547. The highest BCUT2D eigenvalue weighted by Crippen LogP contribution is 2.29. The molecule has 1 atom stereocenters. The van der Waals surface area contributed by atoms with Crippen LogP contribution in [0, 0.1) is 0 Å². The second kappa shape index (κ2) is 6.42. The van der Waals surface area contributed by atoms with E-state index in [0.29, 0.717) is 11.7 Å². The summed E-state index contributed by atoms with van der Waals surface area (Å²) in [7, 11) is 0. The second-order valence-electron chi connectivity index (χ2n) is 5.04. The van der Waals surface area contributed by atoms with E-state index in [1.807, 2.05) is 24.3 Å². The van der Waals surface area contributed by atoms with Crippen molar-refractivity contribution in [1.82, 2.24) is 0 Å². The van der Waals surface area contributed by atoms with E-state index < -0.39 is 9.70 Å². The normalized spacial score (nSPS) is 19.8. The van der Waals surface area contributed by atoms with Crippen molar-refractivity contribution in [3.63, 3.8) is 0 Å². The van der Waals surface area contributed by atoms with Crippen molar-refractivity contribution >= 4 is 52.1 Å². The molecule has 110 valence electrons. The molecule has 0 radical (unpaired) electrons. The van der Waals surface area contributed by atoms with Gasteiger partial charge < -0.3 is 10.2 Å². The van der Waals surface area contributed by atoms with Crippen LogP contribution < -0.4 is 10.2 Å². The second-order valence-corrected chi connectivity index (χ2v) is 7.32. The van der Waals surface area contributed by atoms with Crippen LogP contribution in [0.15, 0.2) is 24.3 Å². The molecule has 0 unspecified atom stereocenters. The molecule has 0 aliphatic carbocycles. The summed E-state index contributed by atoms with van der Waals surface area (Å²) in [5.74, 6) is -0.651. The number of rotatable bonds is 2. The van der Waals surface area contributed by atoms with Gasteiger partial charge in [0.05, 0.1) is 0 Å². The average molecular weight is 336 g/mol. The number of piperidine rings is 1. The Morgan fingerprint density at radius 3 is 2.45 bits per heavy atom. The summed E-state index contributed by atoms with van der Waals surface area (Å²) in [4.78, 5) is 13.9. The highest BCUT2D eigenvalue weighted by Gasteiger charge is 2.30. The van der Waals surface area contributed by atoms with Crippen LogP contribution in [0.25, 0.3) is 0 Å². The van der Waals surface area contributed by atoms with Gasteiger partial charge in [0.15, 0.2) is 0 Å². The fourth-order valence-electron chi connectivity index (χ4n) is 2.42. The molecule has 1 aliphatic rings. The summed E-state index contributed by atoms with van der Waals surface area (Å²) in [6.45, 7) is 3.30. The molecule has 1 heterocycles. The third-order valence-electron chi connectivity index (χ3n) is 3.52. The molecule has 1 N–H and O–H groups in total. The van der Waals surface area contributed by atoms with Crippen molar-refractivity contribution in [2.75, 3.05) is 16.8 Å². The number of anilines is 2. The molecule has 0 aromatic heterocycles. The molecule has 2 rings (SSSR count). The van der Waals surface area contributed by atoms with Gasteiger partial charge in [0, 0.05) is 24.0 Å². The zero-order chi connectivity index (χ0) is 14.8. The lowest BCUT2D eigenvalue weighted by Crippen LogP contribution is -2.37. The number of hydrogen-bond acceptors (Lipinski definition) is 2. The van der Waals surface area contributed by atoms with Crippen molar-refractivity contribution in [2.24, 2.45) is 0 Å². The van der Waals surface area contributed by atoms with Crippen molar-refractivity contribution in [2.45, 2.75) is 36.0 Å². The van der Waals surface area contributed by atoms with E-state index in [0.717, 1.165) is 12.2 Å². The van der Waals surface area contributed by atoms with Gasteiger partial charge in [-0.3, -0.25) is 4.79 Å². The van der Waals surface area contributed by atoms with Crippen LogP contribution >= 0.6 is 34.8 Å². The third kappa shape index (κ3) is 3.94. The van der Waals surface area contributed by atoms with Crippen LogP contribution in [0.5, 0.6) is 0 Å². The largest absolute Gasteiger partial charge is 0.369 e. The van der Waals surface area contributed by atoms with Gasteiger partial charge in [-0.2, -0.15) is 0 Å². The number of nitrogens with one attached hydrogen (secondary N) is 1. The first kappa shape index (κ1) is 15.7. The first-order valence-electron chi connectivity index (χ1n) is 6.63. The van der Waals surface area contributed by atoms with E-state index in [-0.39, 0.29) is 0 Å². The number of carbonyl (C=O) groups is 1. The van der Waals surface area contributed by atoms with Crippen molar-refractivity contribution in [3.05, 3.63) is 24.3 Å². The summed E-state index contributed by atoms with van der Waals surface area (Å²) < 4.78 is -1.94. The highest BCUT2D eigenvalue weighted by atomic mass is 35.6. The summed E-state index contributed by atoms with van der Waals surface area (Å²) in [6, 6.07) is 8.16. The minimum atomic E-state index is -1.94. The molecule has 1 saturated heterocycles. The zero-order valence-corrected chi connectivity index (χ0v) is 13.5. The number of carbonyl (C=O) groups excluding carboxylic acids is 1. The molecule has 6 heteroatoms. The SMILES string of the molecule is C[C@H]1CCCCN1c1ccc(NC(=O)C(Cl)(Cl)Cl)cc1. The Labute approximate surface area is 134 Å². The van der Waals surface area contributed by atoms with Gasteiger partial charge in [0.1, 0.15) is 0 Å². The number of amides is 1. The van der Waals surface area contributed by atoms with Gasteiger partial charge >= 0.3 is 0 Å². The minimum Gasteiger partial charge on any atom is -0.369 e. The lowest BCUT2D eigenvalue weighted by atomic mass is 10.0. The van der Waals surface area contributed by atoms with Gasteiger partial charge in [-0.15, -0.1) is 0 Å². The summed E-state index contributed by atoms with van der Waals surface area (Å²) in [5.41, 5.74) is 1.78. The van der Waals surface area contributed by atoms with Crippen LogP contribution in [0.4, 0.5) is 11.4 Å². The number of hydrogen-bond donors (Lipinski definition) is 1. The monoisotopic (exact) mass is 334 g/mol. The van der Waals surface area contributed by atoms with E-state index in [2.05, 4.69) is 17.1 Å². The summed E-state index contributed by atoms with van der Waals surface area (Å²) in [5, 5.41) is 2.57. The Kier molecular flexibility index (Phi) is 5.05. The molecule has 1 aliphatic heterocycles. The Hall–Kier alpha value is -0.640. The van der Waals surface area contributed by atoms with E-state index in [1.54, 1.807) is 0 Å². The van der Waals surface area contributed by atoms with Gasteiger partial charge in [0.2, 0.25) is 0 Å². The molecule has 0 saturated carbocycles.